The summed E-state index contributed by atoms with van der Waals surface area (Å²) in [6.07, 6.45) is 0.192. The first-order valence-corrected chi connectivity index (χ1v) is 4.98. The Bertz CT molecular complexity index is 165. The summed E-state index contributed by atoms with van der Waals surface area (Å²) in [6.45, 7) is 0. The Balaban J connectivity index is 2.38. The minimum atomic E-state index is -0.735. The maximum Gasteiger partial charge on any atom is 0.308 e. The smallest absolute Gasteiger partial charge is 0.308 e. The van der Waals surface area contributed by atoms with Gasteiger partial charge in [0.1, 0.15) is 0 Å². The fraction of sp³-hybridized carbons (Fsp3) is 0.500. The molecule has 0 aromatic carbocycles. The first-order chi connectivity index (χ1) is 4.79. The minimum absolute atomic E-state index is 0.192. The number of hydrogen-bond acceptors (Lipinski definition) is 3. The van der Waals surface area contributed by atoms with E-state index in [4.69, 9.17) is 5.11 Å². The molecule has 56 valence electrons. The highest BCUT2D eigenvalue weighted by molar-refractivity contribution is 8.09. The zero-order chi connectivity index (χ0) is 7.40. The van der Waals surface area contributed by atoms with Crippen molar-refractivity contribution in [2.75, 3.05) is 11.5 Å². The summed E-state index contributed by atoms with van der Waals surface area (Å²) >= 11 is 3.35. The van der Waals surface area contributed by atoms with Gasteiger partial charge in [-0.15, -0.1) is 23.5 Å². The summed E-state index contributed by atoms with van der Waals surface area (Å²) in [5.74, 6) is 1.42. The molecule has 0 atom stereocenters. The van der Waals surface area contributed by atoms with Gasteiger partial charge in [0.15, 0.2) is 0 Å². The number of rotatable bonds is 2. The van der Waals surface area contributed by atoms with Gasteiger partial charge in [0.25, 0.3) is 0 Å². The molecule has 0 saturated carbocycles. The molecule has 0 aromatic rings. The third-order valence-corrected chi connectivity index (χ3v) is 3.37. The molecule has 0 amide bonds. The fourth-order valence-electron chi connectivity index (χ4n) is 0.649. The summed E-state index contributed by atoms with van der Waals surface area (Å²) in [6, 6.07) is 0. The molecule has 0 bridgehead atoms. The third kappa shape index (κ3) is 2.66. The van der Waals surface area contributed by atoms with Crippen LogP contribution in [0.2, 0.25) is 0 Å². The Labute approximate surface area is 68.1 Å². The lowest BCUT2D eigenvalue weighted by atomic mass is 10.4. The standard InChI is InChI=1S/C6H8O2S2/c7-6(8)3-5-4-9-1-2-10-5/h4H,1-3H2,(H,7,8). The van der Waals surface area contributed by atoms with E-state index in [0.29, 0.717) is 0 Å². The summed E-state index contributed by atoms with van der Waals surface area (Å²) in [4.78, 5) is 11.2. The van der Waals surface area contributed by atoms with Crippen molar-refractivity contribution in [3.63, 3.8) is 0 Å². The monoisotopic (exact) mass is 176 g/mol. The van der Waals surface area contributed by atoms with Crippen LogP contribution in [0.4, 0.5) is 0 Å². The van der Waals surface area contributed by atoms with E-state index in [-0.39, 0.29) is 6.42 Å². The minimum Gasteiger partial charge on any atom is -0.481 e. The Kier molecular flexibility index (Phi) is 3.15. The van der Waals surface area contributed by atoms with Crippen molar-refractivity contribution in [1.29, 1.82) is 0 Å². The lowest BCUT2D eigenvalue weighted by Crippen LogP contribution is -1.98. The number of carboxylic acids is 1. The molecule has 2 nitrogen and oxygen atoms in total. The average molecular weight is 176 g/mol. The Morgan fingerprint density at radius 1 is 1.70 bits per heavy atom. The van der Waals surface area contributed by atoms with Crippen LogP contribution in [-0.2, 0) is 4.79 Å². The second-order valence-corrected chi connectivity index (χ2v) is 4.07. The molecule has 0 saturated heterocycles. The molecule has 0 fully saturated rings. The van der Waals surface area contributed by atoms with E-state index in [0.717, 1.165) is 16.4 Å². The molecule has 0 spiro atoms. The molecular weight excluding hydrogens is 168 g/mol. The van der Waals surface area contributed by atoms with E-state index in [2.05, 4.69) is 0 Å². The highest BCUT2D eigenvalue weighted by atomic mass is 32.2. The van der Waals surface area contributed by atoms with Gasteiger partial charge in [-0.3, -0.25) is 4.79 Å². The van der Waals surface area contributed by atoms with Gasteiger partial charge in [0.05, 0.1) is 6.42 Å². The Hall–Kier alpha value is -0.0900. The quantitative estimate of drug-likeness (QED) is 0.696. The molecule has 0 aromatic heterocycles. The number of carboxylic acid groups (broad SMARTS) is 1. The second kappa shape index (κ2) is 3.93. The van der Waals surface area contributed by atoms with Crippen molar-refractivity contribution in [3.05, 3.63) is 10.3 Å². The van der Waals surface area contributed by atoms with E-state index in [1.54, 1.807) is 23.5 Å². The van der Waals surface area contributed by atoms with Crippen molar-refractivity contribution in [1.82, 2.24) is 0 Å². The van der Waals surface area contributed by atoms with Crippen LogP contribution in [0.5, 0.6) is 0 Å². The summed E-state index contributed by atoms with van der Waals surface area (Å²) < 4.78 is 0. The van der Waals surface area contributed by atoms with Crippen LogP contribution in [0.1, 0.15) is 6.42 Å². The zero-order valence-corrected chi connectivity index (χ0v) is 7.00. The normalized spacial score (nSPS) is 18.2. The van der Waals surface area contributed by atoms with E-state index >= 15 is 0 Å². The molecule has 10 heavy (non-hydrogen) atoms. The lowest BCUT2D eigenvalue weighted by molar-refractivity contribution is -0.136. The van der Waals surface area contributed by atoms with Gasteiger partial charge >= 0.3 is 5.97 Å². The van der Waals surface area contributed by atoms with Crippen LogP contribution in [-0.4, -0.2) is 22.6 Å². The van der Waals surface area contributed by atoms with E-state index < -0.39 is 5.97 Å². The third-order valence-electron chi connectivity index (χ3n) is 1.03. The zero-order valence-electron chi connectivity index (χ0n) is 5.37. The molecule has 1 rings (SSSR count). The van der Waals surface area contributed by atoms with Gasteiger partial charge in [-0.25, -0.2) is 0 Å². The van der Waals surface area contributed by atoms with Gasteiger partial charge in [0, 0.05) is 16.4 Å². The molecule has 0 radical (unpaired) electrons. The van der Waals surface area contributed by atoms with Crippen LogP contribution in [0.25, 0.3) is 0 Å². The number of aliphatic carboxylic acids is 1. The van der Waals surface area contributed by atoms with E-state index in [9.17, 15) is 4.79 Å². The first-order valence-electron chi connectivity index (χ1n) is 2.94. The lowest BCUT2D eigenvalue weighted by Gasteiger charge is -2.08. The van der Waals surface area contributed by atoms with Gasteiger partial charge in [-0.05, 0) is 5.41 Å². The summed E-state index contributed by atoms with van der Waals surface area (Å²) in [5.41, 5.74) is 0. The molecule has 0 aliphatic carbocycles. The van der Waals surface area contributed by atoms with Gasteiger partial charge in [0.2, 0.25) is 0 Å². The SMILES string of the molecule is O=C(O)CC1=CSCCS1. The van der Waals surface area contributed by atoms with Crippen LogP contribution < -0.4 is 0 Å². The topological polar surface area (TPSA) is 37.3 Å². The van der Waals surface area contributed by atoms with Crippen LogP contribution in [0, 0.1) is 0 Å². The maximum atomic E-state index is 10.2. The maximum absolute atomic E-state index is 10.2. The van der Waals surface area contributed by atoms with Crippen molar-refractivity contribution in [2.45, 2.75) is 6.42 Å². The van der Waals surface area contributed by atoms with Crippen molar-refractivity contribution < 1.29 is 9.90 Å². The molecule has 0 unspecified atom stereocenters. The van der Waals surface area contributed by atoms with E-state index in [1.165, 1.54) is 0 Å². The predicted molar refractivity (Wildman–Crippen MR) is 45.3 cm³/mol. The average Bonchev–Trinajstić information content (AvgIpc) is 1.88. The molecule has 1 aliphatic rings. The highest BCUT2D eigenvalue weighted by Crippen LogP contribution is 2.28. The van der Waals surface area contributed by atoms with Gasteiger partial charge < -0.3 is 5.11 Å². The predicted octanol–water partition coefficient (Wildman–Crippen LogP) is 1.78. The summed E-state index contributed by atoms with van der Waals surface area (Å²) in [5, 5.41) is 10.3. The van der Waals surface area contributed by atoms with Crippen molar-refractivity contribution in [3.8, 4) is 0 Å². The Morgan fingerprint density at radius 3 is 3.00 bits per heavy atom. The van der Waals surface area contributed by atoms with E-state index in [1.807, 2.05) is 5.41 Å². The second-order valence-electron chi connectivity index (χ2n) is 1.87. The van der Waals surface area contributed by atoms with Crippen molar-refractivity contribution in [2.24, 2.45) is 0 Å². The molecular formula is C6H8O2S2. The number of hydrogen-bond donors (Lipinski definition) is 1. The number of thioether (sulfide) groups is 2. The van der Waals surface area contributed by atoms with Crippen LogP contribution in [0.15, 0.2) is 10.3 Å². The number of carbonyl (C=O) groups is 1. The first kappa shape index (κ1) is 8.01. The van der Waals surface area contributed by atoms with Gasteiger partial charge in [-0.1, -0.05) is 0 Å². The highest BCUT2D eigenvalue weighted by Gasteiger charge is 2.07. The Morgan fingerprint density at radius 2 is 2.50 bits per heavy atom. The molecule has 1 N–H and O–H groups in total. The summed E-state index contributed by atoms with van der Waals surface area (Å²) in [7, 11) is 0. The van der Waals surface area contributed by atoms with Crippen molar-refractivity contribution >= 4 is 29.5 Å². The largest absolute Gasteiger partial charge is 0.481 e. The van der Waals surface area contributed by atoms with Crippen LogP contribution >= 0.6 is 23.5 Å². The molecule has 1 aliphatic heterocycles. The molecule has 4 heteroatoms. The fourth-order valence-corrected chi connectivity index (χ4v) is 2.72. The van der Waals surface area contributed by atoms with Crippen LogP contribution in [0.3, 0.4) is 0 Å². The molecule has 1 heterocycles. The van der Waals surface area contributed by atoms with Gasteiger partial charge in [-0.2, -0.15) is 0 Å².